The van der Waals surface area contributed by atoms with E-state index in [9.17, 15) is 14.0 Å². The number of carbonyl (C=O) groups is 2. The first-order chi connectivity index (χ1) is 10.9. The lowest BCUT2D eigenvalue weighted by Gasteiger charge is -2.28. The zero-order valence-electron chi connectivity index (χ0n) is 12.9. The normalized spacial score (nSPS) is 20.8. The molecule has 5 nitrogen and oxygen atoms in total. The molecule has 0 saturated heterocycles. The Kier molecular flexibility index (Phi) is 5.82. The molecule has 0 spiro atoms. The number of benzene rings is 1. The molecule has 2 N–H and O–H groups in total. The zero-order valence-corrected chi connectivity index (χ0v) is 13.6. The topological polar surface area (TPSA) is 69.6 Å². The van der Waals surface area contributed by atoms with E-state index in [-0.39, 0.29) is 29.6 Å². The van der Waals surface area contributed by atoms with Gasteiger partial charge in [-0.3, -0.25) is 4.79 Å². The molecule has 126 valence electrons. The van der Waals surface area contributed by atoms with Crippen LogP contribution in [0.4, 0.5) is 9.18 Å². The number of rotatable bonds is 4. The van der Waals surface area contributed by atoms with Crippen LogP contribution in [0.1, 0.15) is 31.2 Å². The number of nitrogens with zero attached hydrogens (tertiary/aromatic N) is 1. The van der Waals surface area contributed by atoms with Gasteiger partial charge >= 0.3 is 12.0 Å². The molecule has 0 radical (unpaired) electrons. The van der Waals surface area contributed by atoms with E-state index < -0.39 is 11.8 Å². The third-order valence-corrected chi connectivity index (χ3v) is 4.46. The van der Waals surface area contributed by atoms with Crippen molar-refractivity contribution in [3.05, 3.63) is 34.6 Å². The van der Waals surface area contributed by atoms with Crippen molar-refractivity contribution in [2.24, 2.45) is 5.92 Å². The molecule has 2 rings (SSSR count). The van der Waals surface area contributed by atoms with Crippen LogP contribution in [-0.4, -0.2) is 35.1 Å². The van der Waals surface area contributed by atoms with Crippen LogP contribution in [0.3, 0.4) is 0 Å². The van der Waals surface area contributed by atoms with Crippen molar-refractivity contribution in [3.8, 4) is 0 Å². The second-order valence-corrected chi connectivity index (χ2v) is 6.35. The maximum atomic E-state index is 13.4. The summed E-state index contributed by atoms with van der Waals surface area (Å²) in [5.41, 5.74) is 0.652. The Morgan fingerprint density at radius 3 is 2.57 bits per heavy atom. The van der Waals surface area contributed by atoms with Crippen molar-refractivity contribution in [3.63, 3.8) is 0 Å². The zero-order chi connectivity index (χ0) is 17.0. The minimum atomic E-state index is -0.767. The third kappa shape index (κ3) is 4.82. The van der Waals surface area contributed by atoms with Crippen molar-refractivity contribution < 1.29 is 19.1 Å². The summed E-state index contributed by atoms with van der Waals surface area (Å²) in [6.07, 6.45) is 2.47. The highest BCUT2D eigenvalue weighted by atomic mass is 35.5. The molecule has 0 aromatic heterocycles. The Morgan fingerprint density at radius 1 is 1.35 bits per heavy atom. The van der Waals surface area contributed by atoms with E-state index in [0.717, 1.165) is 0 Å². The number of urea groups is 1. The van der Waals surface area contributed by atoms with E-state index >= 15 is 0 Å². The Morgan fingerprint density at radius 2 is 2.00 bits per heavy atom. The number of hydrogen-bond donors (Lipinski definition) is 2. The van der Waals surface area contributed by atoms with E-state index in [2.05, 4.69) is 5.32 Å². The van der Waals surface area contributed by atoms with E-state index in [1.54, 1.807) is 13.1 Å². The summed E-state index contributed by atoms with van der Waals surface area (Å²) < 4.78 is 13.4. The number of carboxylic acid groups (broad SMARTS) is 1. The van der Waals surface area contributed by atoms with Gasteiger partial charge in [0.05, 0.1) is 10.9 Å². The Labute approximate surface area is 139 Å². The molecule has 23 heavy (non-hydrogen) atoms. The quantitative estimate of drug-likeness (QED) is 0.882. The molecule has 1 aliphatic rings. The van der Waals surface area contributed by atoms with Gasteiger partial charge in [-0.05, 0) is 43.4 Å². The largest absolute Gasteiger partial charge is 0.481 e. The minimum Gasteiger partial charge on any atom is -0.481 e. The van der Waals surface area contributed by atoms with Gasteiger partial charge in [-0.15, -0.1) is 0 Å². The lowest BCUT2D eigenvalue weighted by Crippen LogP contribution is -2.44. The highest BCUT2D eigenvalue weighted by Crippen LogP contribution is 2.24. The molecule has 1 aromatic rings. The molecule has 0 atom stereocenters. The van der Waals surface area contributed by atoms with Gasteiger partial charge in [0, 0.05) is 19.6 Å². The first-order valence-electron chi connectivity index (χ1n) is 7.55. The highest BCUT2D eigenvalue weighted by Gasteiger charge is 2.27. The first kappa shape index (κ1) is 17.5. The lowest BCUT2D eigenvalue weighted by molar-refractivity contribution is -0.142. The Bertz CT molecular complexity index is 589. The molecule has 1 saturated carbocycles. The number of nitrogens with one attached hydrogen (secondary N) is 1. The molecule has 1 aliphatic carbocycles. The summed E-state index contributed by atoms with van der Waals surface area (Å²) >= 11 is 5.63. The van der Waals surface area contributed by atoms with Gasteiger partial charge in [-0.1, -0.05) is 17.7 Å². The van der Waals surface area contributed by atoms with Crippen LogP contribution >= 0.6 is 11.6 Å². The third-order valence-electron chi connectivity index (χ3n) is 4.15. The first-order valence-corrected chi connectivity index (χ1v) is 7.93. The molecule has 1 fully saturated rings. The summed E-state index contributed by atoms with van der Waals surface area (Å²) in [6.45, 7) is 0.268. The van der Waals surface area contributed by atoms with Gasteiger partial charge < -0.3 is 15.3 Å². The molecule has 0 unspecified atom stereocenters. The van der Waals surface area contributed by atoms with Crippen molar-refractivity contribution in [1.29, 1.82) is 0 Å². The van der Waals surface area contributed by atoms with Gasteiger partial charge in [0.2, 0.25) is 0 Å². The summed E-state index contributed by atoms with van der Waals surface area (Å²) in [7, 11) is 1.63. The number of halogens is 2. The molecular formula is C16H20ClFN2O3. The SMILES string of the molecule is CN(Cc1ccc(Cl)c(F)c1)C(=O)NC1CCC(C(=O)O)CC1. The average molecular weight is 343 g/mol. The number of amides is 2. The maximum Gasteiger partial charge on any atom is 0.317 e. The van der Waals surface area contributed by atoms with Crippen LogP contribution in [0.5, 0.6) is 0 Å². The maximum absolute atomic E-state index is 13.4. The predicted molar refractivity (Wildman–Crippen MR) is 84.8 cm³/mol. The molecule has 7 heteroatoms. The van der Waals surface area contributed by atoms with Gasteiger partial charge in [0.15, 0.2) is 0 Å². The smallest absolute Gasteiger partial charge is 0.317 e. The van der Waals surface area contributed by atoms with Crippen LogP contribution in [0.15, 0.2) is 18.2 Å². The number of aliphatic carboxylic acids is 1. The molecule has 1 aromatic carbocycles. The van der Waals surface area contributed by atoms with E-state index in [4.69, 9.17) is 16.7 Å². The fourth-order valence-corrected chi connectivity index (χ4v) is 2.87. The van der Waals surface area contributed by atoms with Crippen LogP contribution in [0.2, 0.25) is 5.02 Å². The van der Waals surface area contributed by atoms with E-state index in [1.807, 2.05) is 0 Å². The second kappa shape index (κ2) is 7.64. The minimum absolute atomic E-state index is 0.0116. The fourth-order valence-electron chi connectivity index (χ4n) is 2.75. The lowest BCUT2D eigenvalue weighted by atomic mass is 9.86. The average Bonchev–Trinajstić information content (AvgIpc) is 2.51. The van der Waals surface area contributed by atoms with Crippen LogP contribution in [0.25, 0.3) is 0 Å². The summed E-state index contributed by atoms with van der Waals surface area (Å²) in [5.74, 6) is -1.58. The number of hydrogen-bond acceptors (Lipinski definition) is 2. The Hall–Kier alpha value is -1.82. The van der Waals surface area contributed by atoms with Crippen LogP contribution in [0, 0.1) is 11.7 Å². The van der Waals surface area contributed by atoms with Gasteiger partial charge in [0.1, 0.15) is 5.82 Å². The van der Waals surface area contributed by atoms with E-state index in [1.165, 1.54) is 17.0 Å². The number of carbonyl (C=O) groups excluding carboxylic acids is 1. The van der Waals surface area contributed by atoms with Crippen LogP contribution in [-0.2, 0) is 11.3 Å². The second-order valence-electron chi connectivity index (χ2n) is 5.94. The van der Waals surface area contributed by atoms with Crippen molar-refractivity contribution in [2.45, 2.75) is 38.3 Å². The highest BCUT2D eigenvalue weighted by molar-refractivity contribution is 6.30. The van der Waals surface area contributed by atoms with Gasteiger partial charge in [0.25, 0.3) is 0 Å². The van der Waals surface area contributed by atoms with Crippen molar-refractivity contribution in [2.75, 3.05) is 7.05 Å². The predicted octanol–water partition coefficient (Wildman–Crippen LogP) is 3.26. The Balaban J connectivity index is 1.83. The van der Waals surface area contributed by atoms with E-state index in [0.29, 0.717) is 31.2 Å². The van der Waals surface area contributed by atoms with Crippen LogP contribution < -0.4 is 5.32 Å². The number of carboxylic acids is 1. The molecule has 2 amide bonds. The molecular weight excluding hydrogens is 323 g/mol. The standard InChI is InChI=1S/C16H20ClFN2O3/c1-20(9-10-2-7-13(17)14(18)8-10)16(23)19-12-5-3-11(4-6-12)15(21)22/h2,7-8,11-12H,3-6,9H2,1H3,(H,19,23)(H,21,22). The van der Waals surface area contributed by atoms with Crippen molar-refractivity contribution in [1.82, 2.24) is 10.2 Å². The van der Waals surface area contributed by atoms with Gasteiger partial charge in [-0.2, -0.15) is 0 Å². The monoisotopic (exact) mass is 342 g/mol. The fraction of sp³-hybridized carbons (Fsp3) is 0.500. The summed E-state index contributed by atoms with van der Waals surface area (Å²) in [4.78, 5) is 24.5. The van der Waals surface area contributed by atoms with Gasteiger partial charge in [-0.25, -0.2) is 9.18 Å². The van der Waals surface area contributed by atoms with Crippen molar-refractivity contribution >= 4 is 23.6 Å². The summed E-state index contributed by atoms with van der Waals surface area (Å²) in [5, 5.41) is 11.9. The summed E-state index contributed by atoms with van der Waals surface area (Å²) in [6, 6.07) is 4.18. The molecule has 0 heterocycles. The molecule has 0 bridgehead atoms. The molecule has 0 aliphatic heterocycles.